The molecule has 0 aromatic heterocycles. The molecule has 2 rings (SSSR count). The van der Waals surface area contributed by atoms with Crippen molar-refractivity contribution in [3.05, 3.63) is 29.8 Å². The maximum Gasteiger partial charge on any atom is 0.313 e. The molecule has 1 N–H and O–H groups in total. The van der Waals surface area contributed by atoms with E-state index in [1.54, 1.807) is 4.90 Å². The highest BCUT2D eigenvalue weighted by atomic mass is 16.2. The van der Waals surface area contributed by atoms with Crippen molar-refractivity contribution >= 4 is 17.5 Å². The molecule has 1 heterocycles. The fourth-order valence-corrected chi connectivity index (χ4v) is 3.39. The molecule has 1 saturated heterocycles. The Balaban J connectivity index is 2.12. The number of para-hydroxylation sites is 1. The molecule has 4 nitrogen and oxygen atoms in total. The van der Waals surface area contributed by atoms with Crippen molar-refractivity contribution in [3.63, 3.8) is 0 Å². The molecule has 2 atom stereocenters. The summed E-state index contributed by atoms with van der Waals surface area (Å²) in [5.74, 6) is -0.0789. The van der Waals surface area contributed by atoms with E-state index in [0.717, 1.165) is 17.7 Å². The zero-order chi connectivity index (χ0) is 17.2. The number of carbonyl (C=O) groups excluding carboxylic acids is 2. The summed E-state index contributed by atoms with van der Waals surface area (Å²) in [7, 11) is 0. The van der Waals surface area contributed by atoms with Gasteiger partial charge in [-0.25, -0.2) is 0 Å². The van der Waals surface area contributed by atoms with E-state index < -0.39 is 11.8 Å². The van der Waals surface area contributed by atoms with Crippen LogP contribution in [0.25, 0.3) is 0 Å². The van der Waals surface area contributed by atoms with Gasteiger partial charge in [0.15, 0.2) is 0 Å². The van der Waals surface area contributed by atoms with E-state index in [-0.39, 0.29) is 5.41 Å². The van der Waals surface area contributed by atoms with Crippen LogP contribution in [-0.4, -0.2) is 29.8 Å². The minimum Gasteiger partial charge on any atom is -0.334 e. The van der Waals surface area contributed by atoms with Crippen LogP contribution in [0.15, 0.2) is 24.3 Å². The third-order valence-corrected chi connectivity index (χ3v) is 4.33. The van der Waals surface area contributed by atoms with E-state index in [2.05, 4.69) is 39.9 Å². The number of hydrogen-bond donors (Lipinski definition) is 1. The number of amides is 2. The van der Waals surface area contributed by atoms with Crippen LogP contribution in [0.1, 0.15) is 46.6 Å². The standard InChI is InChI=1S/C19H28N2O2/c1-13-10-14(2)12-21(11-13)18(23)17(22)20-16-9-7-6-8-15(16)19(3,4)5/h6-9,13-14H,10-12H2,1-5H3,(H,20,22). The van der Waals surface area contributed by atoms with Gasteiger partial charge in [0, 0.05) is 18.8 Å². The van der Waals surface area contributed by atoms with Gasteiger partial charge in [0.05, 0.1) is 0 Å². The summed E-state index contributed by atoms with van der Waals surface area (Å²) in [6, 6.07) is 7.67. The number of carbonyl (C=O) groups is 2. The fraction of sp³-hybridized carbons (Fsp3) is 0.579. The van der Waals surface area contributed by atoms with Gasteiger partial charge in [-0.3, -0.25) is 9.59 Å². The molecular formula is C19H28N2O2. The maximum atomic E-state index is 12.5. The van der Waals surface area contributed by atoms with Gasteiger partial charge in [0.2, 0.25) is 0 Å². The summed E-state index contributed by atoms with van der Waals surface area (Å²) in [5, 5.41) is 2.81. The number of piperidine rings is 1. The third-order valence-electron chi connectivity index (χ3n) is 4.33. The lowest BCUT2D eigenvalue weighted by Gasteiger charge is -2.34. The number of nitrogens with zero attached hydrogens (tertiary/aromatic N) is 1. The van der Waals surface area contributed by atoms with Gasteiger partial charge in [-0.1, -0.05) is 52.8 Å². The molecule has 0 aliphatic carbocycles. The number of likely N-dealkylation sites (tertiary alicyclic amines) is 1. The van der Waals surface area contributed by atoms with Crippen molar-refractivity contribution in [2.24, 2.45) is 11.8 Å². The number of benzene rings is 1. The van der Waals surface area contributed by atoms with Crippen molar-refractivity contribution in [1.29, 1.82) is 0 Å². The average Bonchev–Trinajstić information content (AvgIpc) is 2.44. The van der Waals surface area contributed by atoms with Crippen molar-refractivity contribution in [3.8, 4) is 0 Å². The van der Waals surface area contributed by atoms with Crippen LogP contribution >= 0.6 is 0 Å². The lowest BCUT2D eigenvalue weighted by atomic mass is 9.86. The van der Waals surface area contributed by atoms with E-state index in [1.165, 1.54) is 0 Å². The van der Waals surface area contributed by atoms with Crippen LogP contribution in [0.5, 0.6) is 0 Å². The van der Waals surface area contributed by atoms with E-state index in [4.69, 9.17) is 0 Å². The highest BCUT2D eigenvalue weighted by molar-refractivity contribution is 6.39. The lowest BCUT2D eigenvalue weighted by Crippen LogP contribution is -2.47. The average molecular weight is 316 g/mol. The summed E-state index contributed by atoms with van der Waals surface area (Å²) in [4.78, 5) is 26.6. The number of rotatable bonds is 1. The minimum absolute atomic E-state index is 0.0962. The Bertz CT molecular complexity index is 579. The SMILES string of the molecule is CC1CC(C)CN(C(=O)C(=O)Nc2ccccc2C(C)(C)C)C1. The largest absolute Gasteiger partial charge is 0.334 e. The second-order valence-electron chi connectivity index (χ2n) is 7.91. The molecule has 1 aliphatic heterocycles. The zero-order valence-corrected chi connectivity index (χ0v) is 14.8. The molecule has 2 unspecified atom stereocenters. The Kier molecular flexibility index (Phi) is 5.12. The highest BCUT2D eigenvalue weighted by Crippen LogP contribution is 2.29. The van der Waals surface area contributed by atoms with Crippen LogP contribution in [0.3, 0.4) is 0 Å². The zero-order valence-electron chi connectivity index (χ0n) is 14.8. The first-order chi connectivity index (χ1) is 10.7. The van der Waals surface area contributed by atoms with E-state index in [1.807, 2.05) is 24.3 Å². The van der Waals surface area contributed by atoms with Gasteiger partial charge in [0.1, 0.15) is 0 Å². The van der Waals surface area contributed by atoms with Crippen molar-refractivity contribution in [1.82, 2.24) is 4.90 Å². The molecule has 0 spiro atoms. The molecule has 0 saturated carbocycles. The Hall–Kier alpha value is -1.84. The molecule has 1 fully saturated rings. The van der Waals surface area contributed by atoms with Gasteiger partial charge in [-0.05, 0) is 35.3 Å². The summed E-state index contributed by atoms with van der Waals surface area (Å²) >= 11 is 0. The molecule has 1 aliphatic rings. The molecule has 4 heteroatoms. The summed E-state index contributed by atoms with van der Waals surface area (Å²) in [6.07, 6.45) is 1.11. The summed E-state index contributed by atoms with van der Waals surface area (Å²) in [5.41, 5.74) is 1.65. The van der Waals surface area contributed by atoms with E-state index >= 15 is 0 Å². The Morgan fingerprint density at radius 3 is 2.22 bits per heavy atom. The number of nitrogens with one attached hydrogen (secondary N) is 1. The first-order valence-corrected chi connectivity index (χ1v) is 8.38. The Labute approximate surface area is 139 Å². The van der Waals surface area contributed by atoms with Gasteiger partial charge in [-0.2, -0.15) is 0 Å². The third kappa shape index (κ3) is 4.34. The predicted octanol–water partition coefficient (Wildman–Crippen LogP) is 3.43. The highest BCUT2D eigenvalue weighted by Gasteiger charge is 2.30. The molecule has 23 heavy (non-hydrogen) atoms. The first-order valence-electron chi connectivity index (χ1n) is 8.38. The minimum atomic E-state index is -0.539. The number of anilines is 1. The predicted molar refractivity (Wildman–Crippen MR) is 93.3 cm³/mol. The quantitative estimate of drug-likeness (QED) is 0.807. The van der Waals surface area contributed by atoms with Crippen LogP contribution in [0, 0.1) is 11.8 Å². The molecule has 1 aromatic carbocycles. The summed E-state index contributed by atoms with van der Waals surface area (Å²) < 4.78 is 0. The smallest absolute Gasteiger partial charge is 0.313 e. The maximum absolute atomic E-state index is 12.5. The molecule has 126 valence electrons. The van der Waals surface area contributed by atoms with Crippen LogP contribution in [0.2, 0.25) is 0 Å². The van der Waals surface area contributed by atoms with Crippen LogP contribution in [-0.2, 0) is 15.0 Å². The van der Waals surface area contributed by atoms with E-state index in [9.17, 15) is 9.59 Å². The molecule has 0 radical (unpaired) electrons. The molecular weight excluding hydrogens is 288 g/mol. The van der Waals surface area contributed by atoms with Crippen molar-refractivity contribution in [2.75, 3.05) is 18.4 Å². The Morgan fingerprint density at radius 1 is 1.09 bits per heavy atom. The topological polar surface area (TPSA) is 49.4 Å². The second-order valence-corrected chi connectivity index (χ2v) is 7.91. The monoisotopic (exact) mass is 316 g/mol. The van der Waals surface area contributed by atoms with Gasteiger partial charge in [-0.15, -0.1) is 0 Å². The van der Waals surface area contributed by atoms with Crippen molar-refractivity contribution in [2.45, 2.75) is 46.5 Å². The second kappa shape index (κ2) is 6.73. The number of hydrogen-bond acceptors (Lipinski definition) is 2. The van der Waals surface area contributed by atoms with Gasteiger partial charge >= 0.3 is 11.8 Å². The molecule has 0 bridgehead atoms. The van der Waals surface area contributed by atoms with E-state index in [0.29, 0.717) is 24.9 Å². The van der Waals surface area contributed by atoms with Crippen LogP contribution < -0.4 is 5.32 Å². The first kappa shape index (κ1) is 17.5. The van der Waals surface area contributed by atoms with Gasteiger partial charge in [0.25, 0.3) is 0 Å². The Morgan fingerprint density at radius 2 is 1.65 bits per heavy atom. The fourth-order valence-electron chi connectivity index (χ4n) is 3.39. The lowest BCUT2D eigenvalue weighted by molar-refractivity contribution is -0.144. The molecule has 2 amide bonds. The van der Waals surface area contributed by atoms with Crippen molar-refractivity contribution < 1.29 is 9.59 Å². The van der Waals surface area contributed by atoms with Gasteiger partial charge < -0.3 is 10.2 Å². The normalized spacial score (nSPS) is 21.9. The summed E-state index contributed by atoms with van der Waals surface area (Å²) in [6.45, 7) is 11.9. The van der Waals surface area contributed by atoms with Crippen LogP contribution in [0.4, 0.5) is 5.69 Å². The molecule has 1 aromatic rings.